The van der Waals surface area contributed by atoms with Gasteiger partial charge >= 0.3 is 5.97 Å². The van der Waals surface area contributed by atoms with Gasteiger partial charge in [-0.3, -0.25) is 0 Å². The summed E-state index contributed by atoms with van der Waals surface area (Å²) in [7, 11) is 0. The lowest BCUT2D eigenvalue weighted by molar-refractivity contribution is -0.144. The van der Waals surface area contributed by atoms with Gasteiger partial charge in [-0.05, 0) is 30.4 Å². The molecular formula is C18H21NO2. The van der Waals surface area contributed by atoms with Crippen LogP contribution in [0.1, 0.15) is 30.4 Å². The second-order valence-electron chi connectivity index (χ2n) is 5.34. The van der Waals surface area contributed by atoms with E-state index in [0.29, 0.717) is 12.0 Å². The predicted octanol–water partition coefficient (Wildman–Crippen LogP) is 3.34. The fourth-order valence-corrected chi connectivity index (χ4v) is 2.49. The zero-order valence-corrected chi connectivity index (χ0v) is 12.0. The number of nitrogens with two attached hydrogens (primary N) is 1. The largest absolute Gasteiger partial charge is 0.480 e. The van der Waals surface area contributed by atoms with E-state index >= 15 is 0 Å². The molecule has 0 bridgehead atoms. The van der Waals surface area contributed by atoms with Crippen molar-refractivity contribution in [1.29, 1.82) is 0 Å². The summed E-state index contributed by atoms with van der Waals surface area (Å²) in [6.07, 6.45) is 3.11. The number of benzene rings is 2. The standard InChI is InChI=1S/C18H21NO2/c19-18(17(20)21,16-12-5-2-6-13-16)14-8-7-11-15-9-3-1-4-10-15/h1-6,9-10,12-13H,7-8,11,14,19H2,(H,20,21). The maximum atomic E-state index is 11.6. The lowest BCUT2D eigenvalue weighted by Crippen LogP contribution is -2.44. The Balaban J connectivity index is 1.94. The summed E-state index contributed by atoms with van der Waals surface area (Å²) < 4.78 is 0. The summed E-state index contributed by atoms with van der Waals surface area (Å²) in [6.45, 7) is 0. The Bertz CT molecular complexity index is 568. The monoisotopic (exact) mass is 283 g/mol. The van der Waals surface area contributed by atoms with Gasteiger partial charge in [0.2, 0.25) is 0 Å². The summed E-state index contributed by atoms with van der Waals surface area (Å²) in [5.74, 6) is -0.964. The first-order chi connectivity index (χ1) is 10.1. The first kappa shape index (κ1) is 15.3. The Kier molecular flexibility index (Phi) is 5.12. The highest BCUT2D eigenvalue weighted by Crippen LogP contribution is 2.25. The van der Waals surface area contributed by atoms with E-state index in [0.717, 1.165) is 19.3 Å². The number of hydrogen-bond acceptors (Lipinski definition) is 2. The molecule has 3 N–H and O–H groups in total. The lowest BCUT2D eigenvalue weighted by atomic mass is 9.85. The summed E-state index contributed by atoms with van der Waals surface area (Å²) in [5, 5.41) is 9.48. The maximum absolute atomic E-state index is 11.6. The van der Waals surface area contributed by atoms with E-state index in [-0.39, 0.29) is 0 Å². The SMILES string of the molecule is NC(CCCCc1ccccc1)(C(=O)O)c1ccccc1. The van der Waals surface area contributed by atoms with Crippen LogP contribution in [0.3, 0.4) is 0 Å². The Morgan fingerprint density at radius 1 is 0.952 bits per heavy atom. The van der Waals surface area contributed by atoms with Crippen molar-refractivity contribution in [3.63, 3.8) is 0 Å². The van der Waals surface area contributed by atoms with Crippen LogP contribution in [0.4, 0.5) is 0 Å². The highest BCUT2D eigenvalue weighted by molar-refractivity contribution is 5.80. The molecule has 110 valence electrons. The molecule has 2 rings (SSSR count). The van der Waals surface area contributed by atoms with Gasteiger partial charge in [0.25, 0.3) is 0 Å². The number of aliphatic carboxylic acids is 1. The van der Waals surface area contributed by atoms with Crippen molar-refractivity contribution in [2.75, 3.05) is 0 Å². The topological polar surface area (TPSA) is 63.3 Å². The third-order valence-corrected chi connectivity index (χ3v) is 3.80. The van der Waals surface area contributed by atoms with E-state index in [4.69, 9.17) is 5.73 Å². The molecule has 21 heavy (non-hydrogen) atoms. The zero-order valence-electron chi connectivity index (χ0n) is 12.0. The highest BCUT2D eigenvalue weighted by atomic mass is 16.4. The summed E-state index contributed by atoms with van der Waals surface area (Å²) in [5.41, 5.74) is 6.79. The Morgan fingerprint density at radius 2 is 1.52 bits per heavy atom. The molecule has 3 nitrogen and oxygen atoms in total. The van der Waals surface area contributed by atoms with Crippen LogP contribution in [0.25, 0.3) is 0 Å². The molecule has 0 amide bonds. The molecule has 1 atom stereocenters. The number of carbonyl (C=O) groups is 1. The number of carboxylic acids is 1. The van der Waals surface area contributed by atoms with Gasteiger partial charge in [0, 0.05) is 0 Å². The van der Waals surface area contributed by atoms with Gasteiger partial charge in [-0.1, -0.05) is 67.1 Å². The van der Waals surface area contributed by atoms with Crippen molar-refractivity contribution >= 4 is 5.97 Å². The fraction of sp³-hybridized carbons (Fsp3) is 0.278. The smallest absolute Gasteiger partial charge is 0.328 e. The zero-order chi connectivity index (χ0) is 15.1. The van der Waals surface area contributed by atoms with E-state index in [1.165, 1.54) is 5.56 Å². The first-order valence-electron chi connectivity index (χ1n) is 7.24. The fourth-order valence-electron chi connectivity index (χ4n) is 2.49. The molecule has 0 heterocycles. The van der Waals surface area contributed by atoms with E-state index < -0.39 is 11.5 Å². The van der Waals surface area contributed by atoms with Crippen LogP contribution >= 0.6 is 0 Å². The van der Waals surface area contributed by atoms with Crippen molar-refractivity contribution in [1.82, 2.24) is 0 Å². The van der Waals surface area contributed by atoms with Crippen LogP contribution < -0.4 is 5.73 Å². The first-order valence-corrected chi connectivity index (χ1v) is 7.24. The minimum absolute atomic E-state index is 0.444. The number of unbranched alkanes of at least 4 members (excludes halogenated alkanes) is 1. The molecule has 0 aliphatic rings. The predicted molar refractivity (Wildman–Crippen MR) is 83.9 cm³/mol. The second-order valence-corrected chi connectivity index (χ2v) is 5.34. The van der Waals surface area contributed by atoms with Crippen LogP contribution in [-0.4, -0.2) is 11.1 Å². The van der Waals surface area contributed by atoms with Crippen molar-refractivity contribution in [3.05, 3.63) is 71.8 Å². The van der Waals surface area contributed by atoms with Gasteiger partial charge in [-0.25, -0.2) is 4.79 Å². The molecule has 3 heteroatoms. The van der Waals surface area contributed by atoms with Crippen LogP contribution in [0, 0.1) is 0 Å². The number of hydrogen-bond donors (Lipinski definition) is 2. The number of rotatable bonds is 7. The maximum Gasteiger partial charge on any atom is 0.328 e. The highest BCUT2D eigenvalue weighted by Gasteiger charge is 2.35. The summed E-state index contributed by atoms with van der Waals surface area (Å²) in [6, 6.07) is 19.3. The third kappa shape index (κ3) is 3.92. The molecule has 0 saturated carbocycles. The van der Waals surface area contributed by atoms with Gasteiger partial charge in [0.15, 0.2) is 0 Å². The lowest BCUT2D eigenvalue weighted by Gasteiger charge is -2.25. The summed E-state index contributed by atoms with van der Waals surface area (Å²) >= 11 is 0. The van der Waals surface area contributed by atoms with Crippen LogP contribution in [0.5, 0.6) is 0 Å². The van der Waals surface area contributed by atoms with Crippen molar-refractivity contribution < 1.29 is 9.90 Å². The molecule has 0 aliphatic carbocycles. The van der Waals surface area contributed by atoms with Crippen molar-refractivity contribution in [2.45, 2.75) is 31.2 Å². The van der Waals surface area contributed by atoms with E-state index in [9.17, 15) is 9.90 Å². The molecular weight excluding hydrogens is 262 g/mol. The third-order valence-electron chi connectivity index (χ3n) is 3.80. The van der Waals surface area contributed by atoms with E-state index in [2.05, 4.69) is 12.1 Å². The summed E-state index contributed by atoms with van der Waals surface area (Å²) in [4.78, 5) is 11.6. The molecule has 0 fully saturated rings. The van der Waals surface area contributed by atoms with Crippen LogP contribution in [-0.2, 0) is 16.8 Å². The molecule has 0 radical (unpaired) electrons. The number of aryl methyl sites for hydroxylation is 1. The van der Waals surface area contributed by atoms with Crippen molar-refractivity contribution in [2.24, 2.45) is 5.73 Å². The van der Waals surface area contributed by atoms with Gasteiger partial charge in [-0.2, -0.15) is 0 Å². The molecule has 2 aromatic carbocycles. The molecule has 0 spiro atoms. The Morgan fingerprint density at radius 3 is 2.10 bits per heavy atom. The molecule has 2 aromatic rings. The minimum atomic E-state index is -1.29. The average Bonchev–Trinajstić information content (AvgIpc) is 2.53. The van der Waals surface area contributed by atoms with Gasteiger partial charge in [-0.15, -0.1) is 0 Å². The van der Waals surface area contributed by atoms with Crippen molar-refractivity contribution in [3.8, 4) is 0 Å². The van der Waals surface area contributed by atoms with Crippen LogP contribution in [0.15, 0.2) is 60.7 Å². The average molecular weight is 283 g/mol. The molecule has 0 aliphatic heterocycles. The minimum Gasteiger partial charge on any atom is -0.480 e. The van der Waals surface area contributed by atoms with Gasteiger partial charge in [0.1, 0.15) is 5.54 Å². The number of carboxylic acid groups (broad SMARTS) is 1. The van der Waals surface area contributed by atoms with E-state index in [1.807, 2.05) is 36.4 Å². The van der Waals surface area contributed by atoms with Gasteiger partial charge in [0.05, 0.1) is 0 Å². The molecule has 0 saturated heterocycles. The quantitative estimate of drug-likeness (QED) is 0.766. The molecule has 1 unspecified atom stereocenters. The van der Waals surface area contributed by atoms with Gasteiger partial charge < -0.3 is 10.8 Å². The second kappa shape index (κ2) is 7.04. The Labute approximate surface area is 125 Å². The molecule has 0 aromatic heterocycles. The normalized spacial score (nSPS) is 13.6. The Hall–Kier alpha value is -2.13. The van der Waals surface area contributed by atoms with E-state index in [1.54, 1.807) is 12.1 Å². The van der Waals surface area contributed by atoms with Crippen LogP contribution in [0.2, 0.25) is 0 Å².